The normalized spacial score (nSPS) is 9.64. The molecule has 0 aliphatic rings. The van der Waals surface area contributed by atoms with Crippen molar-refractivity contribution in [3.05, 3.63) is 18.2 Å². The zero-order valence-electron chi connectivity index (χ0n) is 8.61. The first kappa shape index (κ1) is 10.7. The Morgan fingerprint density at radius 1 is 1.29 bits per heavy atom. The van der Waals surface area contributed by atoms with Gasteiger partial charge in [0.05, 0.1) is 7.11 Å². The Bertz CT molecular complexity index is 285. The van der Waals surface area contributed by atoms with Gasteiger partial charge in [-0.05, 0) is 6.07 Å². The second-order valence-corrected chi connectivity index (χ2v) is 2.61. The molecular weight excluding hydrogens is 184 g/mol. The number of hydrogen-bond donors (Lipinski definition) is 0. The molecular formula is C10H15O4+. The highest BCUT2D eigenvalue weighted by atomic mass is 16.7. The standard InChI is InChI=1S/C10H14O4/c1-11-7-14-8-4-5-9(12-2)10(6-8)13-3/h4-6H,7H2,1-3H3/p+1. The summed E-state index contributed by atoms with van der Waals surface area (Å²) in [6, 6.07) is 5.44. The van der Waals surface area contributed by atoms with Gasteiger partial charge in [-0.25, -0.2) is 0 Å². The Labute approximate surface area is 83.3 Å². The number of benzene rings is 1. The van der Waals surface area contributed by atoms with Crippen LogP contribution >= 0.6 is 0 Å². The third kappa shape index (κ3) is 2.53. The van der Waals surface area contributed by atoms with E-state index in [-0.39, 0.29) is 6.79 Å². The molecule has 4 nitrogen and oxygen atoms in total. The molecule has 0 unspecified atom stereocenters. The fourth-order valence-corrected chi connectivity index (χ4v) is 1.06. The maximum absolute atomic E-state index is 5.25. The van der Waals surface area contributed by atoms with E-state index in [1.54, 1.807) is 27.4 Å². The lowest BCUT2D eigenvalue weighted by Gasteiger charge is -2.08. The predicted octanol–water partition coefficient (Wildman–Crippen LogP) is 1.55. The third-order valence-electron chi connectivity index (χ3n) is 1.74. The molecule has 1 N–H and O–H groups in total. The molecule has 14 heavy (non-hydrogen) atoms. The Morgan fingerprint density at radius 3 is 2.64 bits per heavy atom. The molecule has 1 aromatic rings. The first-order valence-corrected chi connectivity index (χ1v) is 4.21. The Morgan fingerprint density at radius 2 is 2.07 bits per heavy atom. The summed E-state index contributed by atoms with van der Waals surface area (Å²) in [5, 5.41) is 0. The van der Waals surface area contributed by atoms with Gasteiger partial charge in [0.2, 0.25) is 5.75 Å². The van der Waals surface area contributed by atoms with Crippen molar-refractivity contribution in [2.45, 2.75) is 0 Å². The monoisotopic (exact) mass is 199 g/mol. The van der Waals surface area contributed by atoms with Gasteiger partial charge in [0.15, 0.2) is 13.9 Å². The van der Waals surface area contributed by atoms with Crippen LogP contribution in [-0.2, 0) is 4.74 Å². The average molecular weight is 199 g/mol. The number of hydrogen-bond acceptors (Lipinski definition) is 3. The summed E-state index contributed by atoms with van der Waals surface area (Å²) in [6.07, 6.45) is 0. The fourth-order valence-electron chi connectivity index (χ4n) is 1.06. The number of aromatic hydroxyl groups is 1. The van der Waals surface area contributed by atoms with E-state index in [2.05, 4.69) is 4.74 Å². The summed E-state index contributed by atoms with van der Waals surface area (Å²) in [5.41, 5.74) is 0. The van der Waals surface area contributed by atoms with Gasteiger partial charge < -0.3 is 18.9 Å². The second kappa shape index (κ2) is 5.34. The number of methoxy groups -OCH3 is 2. The van der Waals surface area contributed by atoms with Gasteiger partial charge in [0.25, 0.3) is 5.75 Å². The Balaban J connectivity index is 2.79. The second-order valence-electron chi connectivity index (χ2n) is 2.61. The van der Waals surface area contributed by atoms with E-state index in [1.165, 1.54) is 0 Å². The third-order valence-corrected chi connectivity index (χ3v) is 1.74. The molecule has 0 bridgehead atoms. The van der Waals surface area contributed by atoms with Crippen LogP contribution in [0, 0.1) is 0 Å². The molecule has 4 heteroatoms. The molecule has 0 spiro atoms. The van der Waals surface area contributed by atoms with E-state index in [0.717, 1.165) is 5.75 Å². The van der Waals surface area contributed by atoms with Crippen molar-refractivity contribution in [3.8, 4) is 17.2 Å². The zero-order chi connectivity index (χ0) is 10.4. The lowest BCUT2D eigenvalue weighted by molar-refractivity contribution is 0.0506. The van der Waals surface area contributed by atoms with Crippen LogP contribution in [0.5, 0.6) is 17.2 Å². The Kier molecular flexibility index (Phi) is 4.07. The van der Waals surface area contributed by atoms with Crippen LogP contribution < -0.4 is 9.47 Å². The van der Waals surface area contributed by atoms with Crippen molar-refractivity contribution in [1.82, 2.24) is 0 Å². The highest BCUT2D eigenvalue weighted by molar-refractivity contribution is 5.44. The molecule has 0 fully saturated rings. The summed E-state index contributed by atoms with van der Waals surface area (Å²) in [6.45, 7) is 0.228. The van der Waals surface area contributed by atoms with Gasteiger partial charge in [-0.1, -0.05) is 0 Å². The fraction of sp³-hybridized carbons (Fsp3) is 0.400. The summed E-state index contributed by atoms with van der Waals surface area (Å²) in [5.74, 6) is 2.20. The van der Waals surface area contributed by atoms with E-state index in [0.29, 0.717) is 11.5 Å². The van der Waals surface area contributed by atoms with Crippen LogP contribution in [0.3, 0.4) is 0 Å². The van der Waals surface area contributed by atoms with Crippen LogP contribution in [0.2, 0.25) is 0 Å². The lowest BCUT2D eigenvalue weighted by Crippen LogP contribution is -1.99. The molecule has 78 valence electrons. The summed E-state index contributed by atoms with van der Waals surface area (Å²) in [7, 11) is 4.89. The van der Waals surface area contributed by atoms with E-state index < -0.39 is 0 Å². The maximum Gasteiger partial charge on any atom is 0.297 e. The highest BCUT2D eigenvalue weighted by Crippen LogP contribution is 2.31. The lowest BCUT2D eigenvalue weighted by atomic mass is 10.3. The molecule has 0 aliphatic heterocycles. The molecule has 0 saturated carbocycles. The minimum Gasteiger partial charge on any atom is -0.582 e. The van der Waals surface area contributed by atoms with E-state index in [9.17, 15) is 0 Å². The predicted molar refractivity (Wildman–Crippen MR) is 53.1 cm³/mol. The van der Waals surface area contributed by atoms with Crippen molar-refractivity contribution in [2.24, 2.45) is 0 Å². The van der Waals surface area contributed by atoms with Gasteiger partial charge in [-0.2, -0.15) is 0 Å². The molecule has 0 aliphatic carbocycles. The maximum atomic E-state index is 5.25. The highest BCUT2D eigenvalue weighted by Gasteiger charge is 2.08. The summed E-state index contributed by atoms with van der Waals surface area (Å²) >= 11 is 0. The van der Waals surface area contributed by atoms with Gasteiger partial charge in [0, 0.05) is 19.2 Å². The first-order valence-electron chi connectivity index (χ1n) is 4.21. The number of aliphatic hydroxyl groups is 1. The van der Waals surface area contributed by atoms with Crippen molar-refractivity contribution >= 4 is 0 Å². The van der Waals surface area contributed by atoms with Crippen molar-refractivity contribution in [1.29, 1.82) is 0 Å². The topological polar surface area (TPSA) is 40.5 Å². The first-order chi connectivity index (χ1) is 6.81. The van der Waals surface area contributed by atoms with Crippen LogP contribution in [0.4, 0.5) is 0 Å². The smallest absolute Gasteiger partial charge is 0.297 e. The SMILES string of the molecule is COCOc1ccc([OH+]C)c(OC)c1. The summed E-state index contributed by atoms with van der Waals surface area (Å²) in [4.78, 5) is 0. The quantitative estimate of drug-likeness (QED) is 0.533. The van der Waals surface area contributed by atoms with Gasteiger partial charge in [-0.15, -0.1) is 0 Å². The van der Waals surface area contributed by atoms with E-state index in [4.69, 9.17) is 14.2 Å². The van der Waals surface area contributed by atoms with Crippen molar-refractivity contribution in [2.75, 3.05) is 28.1 Å². The number of rotatable bonds is 5. The van der Waals surface area contributed by atoms with Crippen molar-refractivity contribution in [3.63, 3.8) is 0 Å². The van der Waals surface area contributed by atoms with Gasteiger partial charge >= 0.3 is 0 Å². The molecule has 0 atom stereocenters. The molecule has 0 saturated heterocycles. The van der Waals surface area contributed by atoms with E-state index in [1.807, 2.05) is 12.1 Å². The zero-order valence-corrected chi connectivity index (χ0v) is 8.61. The van der Waals surface area contributed by atoms with Gasteiger partial charge in [0.1, 0.15) is 5.75 Å². The van der Waals surface area contributed by atoms with Crippen LogP contribution in [0.25, 0.3) is 0 Å². The molecule has 1 rings (SSSR count). The van der Waals surface area contributed by atoms with Crippen LogP contribution in [0.15, 0.2) is 18.2 Å². The molecule has 0 amide bonds. The average Bonchev–Trinajstić information content (AvgIpc) is 2.25. The molecule has 0 heterocycles. The molecule has 0 radical (unpaired) electrons. The molecule has 0 aromatic heterocycles. The largest absolute Gasteiger partial charge is 0.582 e. The van der Waals surface area contributed by atoms with Crippen molar-refractivity contribution < 1.29 is 18.9 Å². The van der Waals surface area contributed by atoms with Crippen LogP contribution in [0.1, 0.15) is 0 Å². The molecule has 1 aromatic carbocycles. The number of ether oxygens (including phenoxy) is 4. The summed E-state index contributed by atoms with van der Waals surface area (Å²) < 4.78 is 19.2. The van der Waals surface area contributed by atoms with Crippen LogP contribution in [-0.4, -0.2) is 32.9 Å². The minimum absolute atomic E-state index is 0.228. The van der Waals surface area contributed by atoms with Gasteiger partial charge in [-0.3, -0.25) is 0 Å². The minimum atomic E-state index is 0.228. The Hall–Kier alpha value is -1.42. The van der Waals surface area contributed by atoms with E-state index >= 15 is 0 Å².